The highest BCUT2D eigenvalue weighted by molar-refractivity contribution is 6.00. The Morgan fingerprint density at radius 2 is 0.833 bits per heavy atom. The van der Waals surface area contributed by atoms with Gasteiger partial charge in [0.25, 0.3) is 0 Å². The second-order valence-corrected chi connectivity index (χ2v) is 14.8. The molecular weight excluding hydrogens is 745 g/mol. The fourth-order valence-electron chi connectivity index (χ4n) is 8.35. The molecule has 10 rings (SSSR count). The lowest BCUT2D eigenvalue weighted by Crippen LogP contribution is -2.13. The van der Waals surface area contributed by atoms with Crippen LogP contribution in [0.2, 0.25) is 0 Å². The van der Waals surface area contributed by atoms with Crippen LogP contribution in [0.1, 0.15) is 22.8 Å². The molecule has 4 aromatic carbocycles. The van der Waals surface area contributed by atoms with E-state index in [1.807, 2.05) is 24.3 Å². The average Bonchev–Trinajstić information content (AvgIpc) is 4.13. The molecule has 8 nitrogen and oxygen atoms in total. The molecule has 7 aromatic rings. The first-order valence-corrected chi connectivity index (χ1v) is 20.6. The summed E-state index contributed by atoms with van der Waals surface area (Å²) in [5.41, 5.74) is 15.5. The van der Waals surface area contributed by atoms with E-state index in [2.05, 4.69) is 149 Å². The summed E-state index contributed by atoms with van der Waals surface area (Å²) in [4.78, 5) is 14.9. The second kappa shape index (κ2) is 17.2. The van der Waals surface area contributed by atoms with E-state index in [4.69, 9.17) is 28.9 Å². The molecule has 0 spiro atoms. The molecule has 0 fully saturated rings. The van der Waals surface area contributed by atoms with E-state index in [9.17, 15) is 0 Å². The van der Waals surface area contributed by atoms with E-state index < -0.39 is 0 Å². The predicted molar refractivity (Wildman–Crippen MR) is 242 cm³/mol. The van der Waals surface area contributed by atoms with Gasteiger partial charge >= 0.3 is 0 Å². The molecule has 296 valence electrons. The van der Waals surface area contributed by atoms with Crippen molar-refractivity contribution >= 4 is 46.4 Å². The Labute approximate surface area is 349 Å². The number of rotatable bonds is 3. The molecule has 0 aliphatic carbocycles. The topological polar surface area (TPSA) is 83.4 Å². The zero-order valence-electron chi connectivity index (χ0n) is 33.2. The van der Waals surface area contributed by atoms with Gasteiger partial charge in [-0.25, -0.2) is 9.97 Å². The standard InChI is InChI=1S/C52H44N4O4/c1-4-12-36(13-5-1)49-40-20-21-41(53-40)50(37-14-6-2-7-15-37)43-23-25-45(55-43)52-39-18-10-11-19-48(39)60-35-34-59-33-32-58-31-30-57-29-28-56-46(26-27-47(52)56)51(38-16-8-3-9-17-38)44-24-22-42(49)54-44/h1-27,53H,28-35H2. The van der Waals surface area contributed by atoms with Crippen LogP contribution in [0.4, 0.5) is 0 Å². The van der Waals surface area contributed by atoms with Crippen LogP contribution in [0, 0.1) is 0 Å². The third-order valence-corrected chi connectivity index (χ3v) is 11.1. The number of H-pyrrole nitrogens is 1. The number of aromatic amines is 1. The highest BCUT2D eigenvalue weighted by Crippen LogP contribution is 2.41. The molecule has 1 N–H and O–H groups in total. The number of nitrogens with zero attached hydrogens (tertiary/aromatic N) is 3. The minimum atomic E-state index is 0.388. The summed E-state index contributed by atoms with van der Waals surface area (Å²) in [6.07, 6.45) is 8.56. The van der Waals surface area contributed by atoms with Gasteiger partial charge in [-0.3, -0.25) is 0 Å². The lowest BCUT2D eigenvalue weighted by Gasteiger charge is -2.16. The van der Waals surface area contributed by atoms with Gasteiger partial charge in [-0.15, -0.1) is 0 Å². The van der Waals surface area contributed by atoms with Gasteiger partial charge in [0.2, 0.25) is 0 Å². The number of ether oxygens (including phenoxy) is 4. The van der Waals surface area contributed by atoms with Crippen LogP contribution in [0.3, 0.4) is 0 Å². The molecule has 0 atom stereocenters. The number of aromatic nitrogens is 4. The van der Waals surface area contributed by atoms with Crippen LogP contribution >= 0.6 is 0 Å². The third-order valence-electron chi connectivity index (χ3n) is 11.1. The van der Waals surface area contributed by atoms with Gasteiger partial charge in [0.05, 0.1) is 73.5 Å². The Hall–Kier alpha value is -6.84. The Kier molecular flexibility index (Phi) is 10.7. The van der Waals surface area contributed by atoms with E-state index in [-0.39, 0.29) is 0 Å². The molecule has 10 bridgehead atoms. The van der Waals surface area contributed by atoms with Crippen LogP contribution < -0.4 is 4.74 Å². The van der Waals surface area contributed by atoms with Gasteiger partial charge in [-0.05, 0) is 71.3 Å². The zero-order chi connectivity index (χ0) is 40.1. The quantitative estimate of drug-likeness (QED) is 0.192. The maximum Gasteiger partial charge on any atom is 0.127 e. The van der Waals surface area contributed by atoms with Gasteiger partial charge in [-0.1, -0.05) is 109 Å². The summed E-state index contributed by atoms with van der Waals surface area (Å²) in [7, 11) is 0. The lowest BCUT2D eigenvalue weighted by atomic mass is 10.0. The van der Waals surface area contributed by atoms with Crippen molar-refractivity contribution in [3.8, 4) is 50.3 Å². The summed E-state index contributed by atoms with van der Waals surface area (Å²) in [6, 6.07) is 48.5. The van der Waals surface area contributed by atoms with Crippen molar-refractivity contribution in [1.82, 2.24) is 19.5 Å². The highest BCUT2D eigenvalue weighted by Gasteiger charge is 2.22. The molecule has 3 aliphatic heterocycles. The first-order valence-electron chi connectivity index (χ1n) is 20.6. The van der Waals surface area contributed by atoms with Crippen LogP contribution in [0.15, 0.2) is 140 Å². The number of para-hydroxylation sites is 1. The number of benzene rings is 4. The number of fused-ring (bicyclic) bond motifs is 9. The largest absolute Gasteiger partial charge is 0.491 e. The van der Waals surface area contributed by atoms with Gasteiger partial charge in [0, 0.05) is 45.4 Å². The van der Waals surface area contributed by atoms with Crippen molar-refractivity contribution in [3.05, 3.63) is 162 Å². The average molecular weight is 789 g/mol. The van der Waals surface area contributed by atoms with E-state index >= 15 is 0 Å². The Morgan fingerprint density at radius 1 is 0.400 bits per heavy atom. The van der Waals surface area contributed by atoms with Crippen molar-refractivity contribution in [2.75, 3.05) is 46.2 Å². The number of nitrogens with one attached hydrogen (secondary N) is 1. The van der Waals surface area contributed by atoms with Gasteiger partial charge in [0.15, 0.2) is 0 Å². The van der Waals surface area contributed by atoms with Crippen molar-refractivity contribution in [2.24, 2.45) is 0 Å². The van der Waals surface area contributed by atoms with E-state index in [1.54, 1.807) is 0 Å². The van der Waals surface area contributed by atoms with Crippen LogP contribution in [0.25, 0.3) is 90.9 Å². The SMILES string of the molecule is C1=Cc2nc1c(-c1ccccc1)c1ccc([nH]1)c(-c1ccccc1)c1nc(c3c4ccc(c2-c2ccccc2)n4CCOCCOCCOCCOc2ccccc2-3)C=C1. The number of hydrogen-bond acceptors (Lipinski definition) is 6. The maximum atomic E-state index is 6.53. The third kappa shape index (κ3) is 7.48. The molecule has 0 radical (unpaired) electrons. The number of hydrogen-bond donors (Lipinski definition) is 1. The first kappa shape index (κ1) is 37.4. The van der Waals surface area contributed by atoms with Gasteiger partial charge < -0.3 is 28.5 Å². The zero-order valence-corrected chi connectivity index (χ0v) is 33.2. The lowest BCUT2D eigenvalue weighted by molar-refractivity contribution is 0.00847. The predicted octanol–water partition coefficient (Wildman–Crippen LogP) is 11.2. The molecule has 8 heteroatoms. The van der Waals surface area contributed by atoms with Crippen molar-refractivity contribution in [3.63, 3.8) is 0 Å². The van der Waals surface area contributed by atoms with E-state index in [0.29, 0.717) is 52.8 Å². The fraction of sp³-hybridized carbons (Fsp3) is 0.154. The van der Waals surface area contributed by atoms with Crippen molar-refractivity contribution < 1.29 is 18.9 Å². The Morgan fingerprint density at radius 3 is 1.40 bits per heavy atom. The first-order chi connectivity index (χ1) is 29.8. The van der Waals surface area contributed by atoms with Crippen molar-refractivity contribution in [2.45, 2.75) is 6.54 Å². The molecule has 3 aliphatic rings. The van der Waals surface area contributed by atoms with Crippen LogP contribution in [-0.2, 0) is 20.8 Å². The molecule has 3 aromatic heterocycles. The van der Waals surface area contributed by atoms with Gasteiger partial charge in [0.1, 0.15) is 12.4 Å². The fourth-order valence-corrected chi connectivity index (χ4v) is 8.35. The highest BCUT2D eigenvalue weighted by atomic mass is 16.6. The molecule has 0 unspecified atom stereocenters. The second-order valence-electron chi connectivity index (χ2n) is 14.8. The molecule has 0 saturated carbocycles. The van der Waals surface area contributed by atoms with E-state index in [0.717, 1.165) is 95.1 Å². The molecule has 6 heterocycles. The minimum absolute atomic E-state index is 0.388. The molecule has 0 saturated heterocycles. The van der Waals surface area contributed by atoms with Gasteiger partial charge in [-0.2, -0.15) is 0 Å². The van der Waals surface area contributed by atoms with Crippen LogP contribution in [0.5, 0.6) is 5.75 Å². The summed E-state index contributed by atoms with van der Waals surface area (Å²) in [5, 5.41) is 0. The Balaban J connectivity index is 1.37. The molecule has 60 heavy (non-hydrogen) atoms. The minimum Gasteiger partial charge on any atom is -0.491 e. The summed E-state index contributed by atoms with van der Waals surface area (Å²) >= 11 is 0. The normalized spacial score (nSPS) is 14.6. The van der Waals surface area contributed by atoms with Crippen LogP contribution in [-0.4, -0.2) is 65.8 Å². The summed E-state index contributed by atoms with van der Waals surface area (Å²) in [5.74, 6) is 0.751. The summed E-state index contributed by atoms with van der Waals surface area (Å²) in [6.45, 7) is 3.79. The molecule has 0 amide bonds. The maximum absolute atomic E-state index is 6.53. The Bertz CT molecular complexity index is 2880. The van der Waals surface area contributed by atoms with Crippen molar-refractivity contribution in [1.29, 1.82) is 0 Å². The van der Waals surface area contributed by atoms with E-state index in [1.165, 1.54) is 0 Å². The summed E-state index contributed by atoms with van der Waals surface area (Å²) < 4.78 is 26.9. The smallest absolute Gasteiger partial charge is 0.127 e. The molecular formula is C52H44N4O4. The monoisotopic (exact) mass is 788 g/mol.